The molecule has 0 radical (unpaired) electrons. The van der Waals surface area contributed by atoms with Crippen LogP contribution < -0.4 is 32.0 Å². The molecule has 5 heterocycles. The van der Waals surface area contributed by atoms with Gasteiger partial charge in [-0.25, -0.2) is 14.2 Å². The fourth-order valence-electron chi connectivity index (χ4n) is 9.87. The lowest BCUT2D eigenvalue weighted by molar-refractivity contribution is -0.384. The first-order chi connectivity index (χ1) is 39.5. The summed E-state index contributed by atoms with van der Waals surface area (Å²) in [4.78, 5) is 92.7. The second kappa shape index (κ2) is 26.2. The Morgan fingerprint density at radius 2 is 1.23 bits per heavy atom. The molecule has 3 saturated heterocycles. The van der Waals surface area contributed by atoms with Crippen LogP contribution in [0.1, 0.15) is 67.8 Å². The summed E-state index contributed by atoms with van der Waals surface area (Å²) in [6.45, 7) is -3.58. The largest absolute Gasteiger partial charge is 0.497 e. The summed E-state index contributed by atoms with van der Waals surface area (Å²) in [7, 11) is 3.08. The highest BCUT2D eigenvalue weighted by Crippen LogP contribution is 2.64. The first-order valence-electron chi connectivity index (χ1n) is 25.8. The van der Waals surface area contributed by atoms with E-state index in [9.17, 15) is 38.9 Å². The number of nitro groups is 1. The minimum atomic E-state index is -4.85. The molecule has 3 aliphatic rings. The maximum Gasteiger partial charge on any atom is 0.389 e. The van der Waals surface area contributed by atoms with Gasteiger partial charge in [0.05, 0.1) is 32.4 Å². The average molecular weight is 1170 g/mol. The number of methoxy groups -OCH3 is 2. The summed E-state index contributed by atoms with van der Waals surface area (Å²) in [5, 5.41) is 11.7. The monoisotopic (exact) mass is 1170 g/mol. The Balaban J connectivity index is 1.17. The lowest BCUT2D eigenvalue weighted by atomic mass is 9.80. The fraction of sp³-hybridized carbons (Fsp3) is 0.382. The molecule has 0 bridgehead atoms. The van der Waals surface area contributed by atoms with Crippen molar-refractivity contribution >= 4 is 35.8 Å². The Hall–Kier alpha value is -7.52. The highest BCUT2D eigenvalue weighted by molar-refractivity contribution is 8.54. The van der Waals surface area contributed by atoms with Crippen LogP contribution >= 0.6 is 18.2 Å². The number of nitro benzene ring substituents is 1. The first-order valence-corrected chi connectivity index (χ1v) is 29.0. The van der Waals surface area contributed by atoms with Gasteiger partial charge in [-0.3, -0.25) is 57.4 Å². The Morgan fingerprint density at radius 3 is 1.74 bits per heavy atom. The van der Waals surface area contributed by atoms with E-state index in [1.54, 1.807) is 24.3 Å². The van der Waals surface area contributed by atoms with Crippen LogP contribution in [-0.2, 0) is 67.7 Å². The van der Waals surface area contributed by atoms with Crippen molar-refractivity contribution in [3.63, 3.8) is 0 Å². The third kappa shape index (κ3) is 13.5. The van der Waals surface area contributed by atoms with E-state index in [0.717, 1.165) is 41.3 Å². The van der Waals surface area contributed by atoms with Gasteiger partial charge in [-0.05, 0) is 77.2 Å². The SMILES string of the molecule is COc1ccc(C(OC[C@H]2O[C@@H](n3ccc(=O)[nH]c3=O)[C@H](OC3CCCCO3)[C@@H]2O[P@](=O)(OC[C@H]2O[C@@H](n3ccc(=O)[nH]c3=O)[C@H](OC(C)=O)[C@@H]2OC(C)=O)SCc2ccc([N+](=O)[O-])cc2)(c2ccccc2)c2ccc(OC)cc2)cc1. The molecule has 3 aliphatic heterocycles. The van der Waals surface area contributed by atoms with Crippen molar-refractivity contribution in [2.75, 3.05) is 34.0 Å². The van der Waals surface area contributed by atoms with Gasteiger partial charge in [0.25, 0.3) is 16.8 Å². The minimum Gasteiger partial charge on any atom is -0.497 e. The molecule has 9 rings (SSSR count). The Morgan fingerprint density at radius 1 is 0.695 bits per heavy atom. The number of benzene rings is 4. The molecule has 0 spiro atoms. The zero-order valence-electron chi connectivity index (χ0n) is 44.6. The zero-order valence-corrected chi connectivity index (χ0v) is 46.3. The predicted octanol–water partition coefficient (Wildman–Crippen LogP) is 6.03. The number of nitrogens with zero attached hydrogens (tertiary/aromatic N) is 3. The van der Waals surface area contributed by atoms with Crippen LogP contribution in [0.4, 0.5) is 5.69 Å². The molecule has 0 aliphatic carbocycles. The van der Waals surface area contributed by atoms with Crippen LogP contribution in [0, 0.1) is 10.1 Å². The Kier molecular flexibility index (Phi) is 18.9. The van der Waals surface area contributed by atoms with Crippen molar-refractivity contribution in [2.24, 2.45) is 0 Å². The molecule has 3 fully saturated rings. The maximum absolute atomic E-state index is 16.2. The van der Waals surface area contributed by atoms with Gasteiger partial charge in [-0.1, -0.05) is 66.7 Å². The molecule has 2 N–H and O–H groups in total. The van der Waals surface area contributed by atoms with Crippen LogP contribution in [-0.4, -0.2) is 113 Å². The molecule has 25 nitrogen and oxygen atoms in total. The van der Waals surface area contributed by atoms with E-state index < -0.39 is 120 Å². The van der Waals surface area contributed by atoms with E-state index in [2.05, 4.69) is 9.97 Å². The summed E-state index contributed by atoms with van der Waals surface area (Å²) in [6.07, 6.45) is -8.75. The number of ether oxygens (including phenoxy) is 9. The number of H-pyrrole nitrogens is 2. The summed E-state index contributed by atoms with van der Waals surface area (Å²) < 4.78 is 87.1. The molecule has 6 aromatic rings. The van der Waals surface area contributed by atoms with Gasteiger partial charge in [-0.15, -0.1) is 0 Å². The number of esters is 2. The second-order valence-electron chi connectivity index (χ2n) is 19.0. The summed E-state index contributed by atoms with van der Waals surface area (Å²) in [5.41, 5.74) is -2.70. The molecule has 2 aromatic heterocycles. The molecule has 0 saturated carbocycles. The number of hydrogen-bond acceptors (Lipinski definition) is 21. The normalized spacial score (nSPS) is 23.3. The molecule has 27 heteroatoms. The zero-order chi connectivity index (χ0) is 58.1. The van der Waals surface area contributed by atoms with Crippen molar-refractivity contribution < 1.29 is 70.8 Å². The van der Waals surface area contributed by atoms with Gasteiger partial charge in [0.15, 0.2) is 31.0 Å². The van der Waals surface area contributed by atoms with Crippen molar-refractivity contribution in [3.8, 4) is 11.5 Å². The minimum absolute atomic E-state index is 0.180. The quantitative estimate of drug-likeness (QED) is 0.0243. The fourth-order valence-corrected chi connectivity index (χ4v) is 13.3. The van der Waals surface area contributed by atoms with Crippen LogP contribution in [0.15, 0.2) is 147 Å². The summed E-state index contributed by atoms with van der Waals surface area (Å²) in [5.74, 6) is -0.803. The third-order valence-corrected chi connectivity index (χ3v) is 17.4. The lowest BCUT2D eigenvalue weighted by Gasteiger charge is -2.37. The number of nitrogens with one attached hydrogen (secondary N) is 2. The van der Waals surface area contributed by atoms with Crippen molar-refractivity contribution in [1.82, 2.24) is 19.1 Å². The number of aromatic amines is 2. The number of carbonyl (C=O) groups is 2. The predicted molar refractivity (Wildman–Crippen MR) is 291 cm³/mol. The van der Waals surface area contributed by atoms with Gasteiger partial charge in [0.2, 0.25) is 0 Å². The Labute approximate surface area is 471 Å². The number of rotatable bonds is 23. The van der Waals surface area contributed by atoms with E-state index in [-0.39, 0.29) is 11.4 Å². The van der Waals surface area contributed by atoms with E-state index in [1.165, 1.54) is 44.7 Å². The van der Waals surface area contributed by atoms with Crippen LogP contribution in [0.25, 0.3) is 0 Å². The molecule has 4 aromatic carbocycles. The van der Waals surface area contributed by atoms with Crippen molar-refractivity contribution in [3.05, 3.63) is 202 Å². The molecular weight excluding hydrogens is 1110 g/mol. The number of non-ortho nitro benzene ring substituents is 1. The maximum atomic E-state index is 16.2. The van der Waals surface area contributed by atoms with Gasteiger partial charge < -0.3 is 42.6 Å². The van der Waals surface area contributed by atoms with Gasteiger partial charge in [-0.2, -0.15) is 0 Å². The van der Waals surface area contributed by atoms with Crippen molar-refractivity contribution in [2.45, 2.75) is 99.8 Å². The number of aromatic nitrogens is 4. The van der Waals surface area contributed by atoms with Gasteiger partial charge >= 0.3 is 30.1 Å². The highest BCUT2D eigenvalue weighted by Gasteiger charge is 2.55. The van der Waals surface area contributed by atoms with Crippen LogP contribution in [0.2, 0.25) is 0 Å². The second-order valence-corrected chi connectivity index (χ2v) is 23.1. The van der Waals surface area contributed by atoms with Crippen LogP contribution in [0.3, 0.4) is 0 Å². The molecule has 434 valence electrons. The molecule has 1 unspecified atom stereocenters. The standard InChI is InChI=1S/C55H58N5O20PS/c1-33(61)75-47-43(78-51(49(47)76-34(2)62)58-27-25-44(63)56-53(58)65)31-74-81(69,82-32-35-13-19-39(20-14-35)60(67)68)80-48-42(77-52(59-28-26-45(64)57-54(59)66)50(48)79-46-12-8-9-29-72-46)30-73-55(36-10-6-5-7-11-36,37-15-21-40(70-3)22-16-37)38-17-23-41(71-4)24-18-38/h5-7,10-11,13-28,42-43,46-52H,8-9,12,29-32H2,1-4H3,(H,56,63,65)(H,57,64,66)/t42-,43-,46?,47-,48-,49-,50-,51-,52-,81+/m1/s1. The number of carbonyl (C=O) groups excluding carboxylic acids is 2. The topological polar surface area (TPSA) is 306 Å². The van der Waals surface area contributed by atoms with E-state index in [1.807, 2.05) is 54.6 Å². The van der Waals surface area contributed by atoms with E-state index >= 15 is 4.57 Å². The lowest BCUT2D eigenvalue weighted by Crippen LogP contribution is -2.44. The third-order valence-electron chi connectivity index (χ3n) is 13.7. The van der Waals surface area contributed by atoms with Gasteiger partial charge in [0, 0.05) is 62.9 Å². The summed E-state index contributed by atoms with van der Waals surface area (Å²) >= 11 is 0.637. The summed E-state index contributed by atoms with van der Waals surface area (Å²) in [6, 6.07) is 31.3. The smallest absolute Gasteiger partial charge is 0.389 e. The first kappa shape index (κ1) is 59.1. The molecule has 82 heavy (non-hydrogen) atoms. The molecule has 0 amide bonds. The molecular formula is C55H58N5O20PS. The van der Waals surface area contributed by atoms with Crippen molar-refractivity contribution in [1.29, 1.82) is 0 Å². The molecule has 10 atom stereocenters. The average Bonchev–Trinajstić information content (AvgIpc) is 4.12. The van der Waals surface area contributed by atoms with Gasteiger partial charge in [0.1, 0.15) is 41.5 Å². The highest BCUT2D eigenvalue weighted by atomic mass is 32.7. The van der Waals surface area contributed by atoms with E-state index in [4.69, 9.17) is 51.7 Å². The van der Waals surface area contributed by atoms with E-state index in [0.29, 0.717) is 71.0 Å². The Bertz CT molecular complexity index is 3440. The van der Waals surface area contributed by atoms with Crippen LogP contribution in [0.5, 0.6) is 11.5 Å². The number of hydrogen-bond donors (Lipinski definition) is 2.